The largest absolute Gasteiger partial charge is 0.466 e. The molecule has 0 aliphatic rings. The molecule has 0 amide bonds. The molecule has 0 bridgehead atoms. The van der Waals surface area contributed by atoms with Crippen molar-refractivity contribution in [2.24, 2.45) is 0 Å². The van der Waals surface area contributed by atoms with Crippen molar-refractivity contribution < 1.29 is 14.3 Å². The Balaban J connectivity index is 2.98. The van der Waals surface area contributed by atoms with E-state index in [1.165, 1.54) is 19.4 Å². The Morgan fingerprint density at radius 3 is 2.67 bits per heavy atom. The van der Waals surface area contributed by atoms with Crippen LogP contribution in [0.25, 0.3) is 11.6 Å². The fourth-order valence-corrected chi connectivity index (χ4v) is 1.07. The van der Waals surface area contributed by atoms with Crippen molar-refractivity contribution in [3.8, 4) is 0 Å². The Labute approximate surface area is 87.4 Å². The average Bonchev–Trinajstić information content (AvgIpc) is 2.28. The van der Waals surface area contributed by atoms with E-state index >= 15 is 0 Å². The van der Waals surface area contributed by atoms with Gasteiger partial charge in [-0.05, 0) is 17.7 Å². The van der Waals surface area contributed by atoms with E-state index in [9.17, 15) is 4.79 Å². The predicted molar refractivity (Wildman–Crippen MR) is 56.3 cm³/mol. The van der Waals surface area contributed by atoms with Gasteiger partial charge in [0.25, 0.3) is 6.21 Å². The molecule has 76 valence electrons. The van der Waals surface area contributed by atoms with E-state index in [0.29, 0.717) is 0 Å². The highest BCUT2D eigenvalue weighted by atomic mass is 16.5. The molecule has 0 N–H and O–H groups in total. The minimum Gasteiger partial charge on any atom is -0.466 e. The molecule has 0 heterocycles. The number of ether oxygens (including phenoxy) is 1. The summed E-state index contributed by atoms with van der Waals surface area (Å²) in [6, 6.07) is 7.21. The third-order valence-corrected chi connectivity index (χ3v) is 1.79. The molecule has 0 aliphatic heterocycles. The minimum atomic E-state index is -0.425. The summed E-state index contributed by atoms with van der Waals surface area (Å²) in [5.74, 6) is -0.425. The number of methoxy groups -OCH3 is 1. The molecular formula is C11H10N2O2. The number of hydrogen-bond acceptors (Lipinski definition) is 2. The summed E-state index contributed by atoms with van der Waals surface area (Å²) in [7, 11) is 1.31. The molecule has 15 heavy (non-hydrogen) atoms. The first-order valence-electron chi connectivity index (χ1n) is 4.30. The molecule has 0 saturated carbocycles. The van der Waals surface area contributed by atoms with Gasteiger partial charge in [-0.15, -0.1) is 0 Å². The lowest BCUT2D eigenvalue weighted by Crippen LogP contribution is -1.94. The SMILES string of the molecule is COC(=O)/C=C/c1ccccc1C=[N+]=[N-]. The monoisotopic (exact) mass is 202 g/mol. The Bertz CT molecular complexity index is 432. The maximum absolute atomic E-state index is 10.9. The van der Waals surface area contributed by atoms with Gasteiger partial charge in [0, 0.05) is 6.08 Å². The number of carbonyl (C=O) groups excluding carboxylic acids is 1. The first kappa shape index (κ1) is 10.9. The molecule has 0 aliphatic carbocycles. The number of esters is 1. The van der Waals surface area contributed by atoms with E-state index in [1.54, 1.807) is 18.2 Å². The van der Waals surface area contributed by atoms with Crippen LogP contribution in [0.15, 0.2) is 30.3 Å². The lowest BCUT2D eigenvalue weighted by atomic mass is 10.1. The van der Waals surface area contributed by atoms with Crippen LogP contribution in [0.4, 0.5) is 0 Å². The van der Waals surface area contributed by atoms with Crippen LogP contribution in [0.2, 0.25) is 0 Å². The van der Waals surface area contributed by atoms with Crippen molar-refractivity contribution >= 4 is 18.3 Å². The van der Waals surface area contributed by atoms with Crippen molar-refractivity contribution in [1.29, 1.82) is 0 Å². The highest BCUT2D eigenvalue weighted by Gasteiger charge is 1.99. The molecule has 1 rings (SSSR count). The second-order valence-electron chi connectivity index (χ2n) is 2.73. The maximum atomic E-state index is 10.9. The van der Waals surface area contributed by atoms with Crippen molar-refractivity contribution in [1.82, 2.24) is 0 Å². The van der Waals surface area contributed by atoms with E-state index < -0.39 is 5.97 Å². The molecule has 0 spiro atoms. The summed E-state index contributed by atoms with van der Waals surface area (Å²) in [6.45, 7) is 0. The molecule has 1 aromatic rings. The summed E-state index contributed by atoms with van der Waals surface area (Å²) in [5.41, 5.74) is 9.92. The molecule has 1 aromatic carbocycles. The van der Waals surface area contributed by atoms with Crippen molar-refractivity contribution in [2.45, 2.75) is 0 Å². The van der Waals surface area contributed by atoms with Crippen LogP contribution in [0, 0.1) is 0 Å². The Hall–Kier alpha value is -2.19. The number of benzene rings is 1. The van der Waals surface area contributed by atoms with Crippen molar-refractivity contribution in [3.63, 3.8) is 0 Å². The number of rotatable bonds is 3. The maximum Gasteiger partial charge on any atom is 0.330 e. The Morgan fingerprint density at radius 2 is 2.07 bits per heavy atom. The van der Waals surface area contributed by atoms with Gasteiger partial charge in [0.05, 0.1) is 12.7 Å². The molecule has 0 aromatic heterocycles. The molecule has 0 fully saturated rings. The van der Waals surface area contributed by atoms with Crippen LogP contribution in [0.1, 0.15) is 11.1 Å². The van der Waals surface area contributed by atoms with E-state index in [1.807, 2.05) is 12.1 Å². The second kappa shape index (κ2) is 5.52. The van der Waals surface area contributed by atoms with Crippen LogP contribution in [-0.2, 0) is 9.53 Å². The van der Waals surface area contributed by atoms with E-state index in [4.69, 9.17) is 5.53 Å². The normalized spacial score (nSPS) is 9.67. The topological polar surface area (TPSA) is 62.7 Å². The predicted octanol–water partition coefficient (Wildman–Crippen LogP) is 1.52. The van der Waals surface area contributed by atoms with Gasteiger partial charge in [0.2, 0.25) is 0 Å². The van der Waals surface area contributed by atoms with Gasteiger partial charge in [-0.3, -0.25) is 0 Å². The first-order valence-corrected chi connectivity index (χ1v) is 4.30. The molecule has 4 nitrogen and oxygen atoms in total. The second-order valence-corrected chi connectivity index (χ2v) is 2.73. The van der Waals surface area contributed by atoms with Crippen LogP contribution in [-0.4, -0.2) is 24.1 Å². The quantitative estimate of drug-likeness (QED) is 0.245. The highest BCUT2D eigenvalue weighted by Crippen LogP contribution is 2.07. The van der Waals surface area contributed by atoms with Crippen molar-refractivity contribution in [3.05, 3.63) is 47.0 Å². The van der Waals surface area contributed by atoms with Gasteiger partial charge in [-0.25, -0.2) is 4.79 Å². The van der Waals surface area contributed by atoms with Crippen LogP contribution in [0.3, 0.4) is 0 Å². The zero-order valence-corrected chi connectivity index (χ0v) is 8.25. The first-order chi connectivity index (χ1) is 7.27. The molecule has 4 heteroatoms. The molecule has 0 saturated heterocycles. The third kappa shape index (κ3) is 3.21. The fourth-order valence-electron chi connectivity index (χ4n) is 1.07. The Kier molecular flexibility index (Phi) is 4.01. The zero-order chi connectivity index (χ0) is 11.1. The third-order valence-electron chi connectivity index (χ3n) is 1.79. The summed E-state index contributed by atoms with van der Waals surface area (Å²) in [5, 5.41) is 0. The van der Waals surface area contributed by atoms with E-state index in [2.05, 4.69) is 9.53 Å². The fraction of sp³-hybridized carbons (Fsp3) is 0.0909. The van der Waals surface area contributed by atoms with Gasteiger partial charge < -0.3 is 10.3 Å². The van der Waals surface area contributed by atoms with Crippen molar-refractivity contribution in [2.75, 3.05) is 7.11 Å². The Morgan fingerprint density at radius 1 is 1.40 bits per heavy atom. The molecule has 0 atom stereocenters. The van der Waals surface area contributed by atoms with Crippen LogP contribution < -0.4 is 0 Å². The lowest BCUT2D eigenvalue weighted by Gasteiger charge is -1.95. The van der Waals surface area contributed by atoms with Crippen LogP contribution >= 0.6 is 0 Å². The smallest absolute Gasteiger partial charge is 0.330 e. The average molecular weight is 202 g/mol. The van der Waals surface area contributed by atoms with Gasteiger partial charge in [-0.2, -0.15) is 4.79 Å². The number of nitrogens with zero attached hydrogens (tertiary/aromatic N) is 2. The molecule has 0 unspecified atom stereocenters. The van der Waals surface area contributed by atoms with E-state index in [0.717, 1.165) is 11.1 Å². The van der Waals surface area contributed by atoms with Gasteiger partial charge in [0.15, 0.2) is 0 Å². The van der Waals surface area contributed by atoms with Crippen LogP contribution in [0.5, 0.6) is 0 Å². The van der Waals surface area contributed by atoms with Gasteiger partial charge >= 0.3 is 5.97 Å². The zero-order valence-electron chi connectivity index (χ0n) is 8.25. The van der Waals surface area contributed by atoms with Gasteiger partial charge in [0.1, 0.15) is 0 Å². The highest BCUT2D eigenvalue weighted by molar-refractivity contribution is 5.90. The van der Waals surface area contributed by atoms with Gasteiger partial charge in [-0.1, -0.05) is 18.2 Å². The summed E-state index contributed by atoms with van der Waals surface area (Å²) in [6.07, 6.45) is 4.21. The lowest BCUT2D eigenvalue weighted by molar-refractivity contribution is -0.134. The summed E-state index contributed by atoms with van der Waals surface area (Å²) >= 11 is 0. The number of hydrogen-bond donors (Lipinski definition) is 0. The summed E-state index contributed by atoms with van der Waals surface area (Å²) < 4.78 is 4.46. The van der Waals surface area contributed by atoms with E-state index in [-0.39, 0.29) is 0 Å². The molecule has 0 radical (unpaired) electrons. The standard InChI is InChI=1S/C11H10N2O2/c1-15-11(14)7-6-9-4-2-3-5-10(9)8-13-12/h2-8H,1H3/b7-6+. The molecular weight excluding hydrogens is 192 g/mol. The number of carbonyl (C=O) groups is 1. The summed E-state index contributed by atoms with van der Waals surface area (Å²) in [4.78, 5) is 13.8. The minimum absolute atomic E-state index is 0.425.